The van der Waals surface area contributed by atoms with Gasteiger partial charge in [0.05, 0.1) is 23.1 Å². The summed E-state index contributed by atoms with van der Waals surface area (Å²) in [5.74, 6) is 0.400. The molecule has 2 heterocycles. The topological polar surface area (TPSA) is 95.9 Å². The number of sulfonamides is 1. The fraction of sp³-hybridized carbons (Fsp3) is 0.545. The van der Waals surface area contributed by atoms with Gasteiger partial charge >= 0.3 is 0 Å². The quantitative estimate of drug-likeness (QED) is 0.397. The van der Waals surface area contributed by atoms with E-state index < -0.39 is 26.8 Å². The summed E-state index contributed by atoms with van der Waals surface area (Å²) in [5, 5.41) is 11.6. The molecule has 1 saturated carbocycles. The summed E-state index contributed by atoms with van der Waals surface area (Å²) >= 11 is 6.39. The minimum atomic E-state index is -3.89. The molecule has 1 amide bonds. The minimum absolute atomic E-state index is 0.0832. The predicted molar refractivity (Wildman–Crippen MR) is 166 cm³/mol. The Bertz CT molecular complexity index is 1510. The van der Waals surface area contributed by atoms with Crippen molar-refractivity contribution in [3.63, 3.8) is 0 Å². The largest absolute Gasteiger partial charge is 0.490 e. The molecule has 1 spiro atoms. The fourth-order valence-electron chi connectivity index (χ4n) is 7.67. The van der Waals surface area contributed by atoms with Crippen molar-refractivity contribution in [1.29, 1.82) is 0 Å². The molecule has 2 N–H and O–H groups in total. The molecule has 7 nitrogen and oxygen atoms in total. The van der Waals surface area contributed by atoms with Crippen molar-refractivity contribution in [2.24, 2.45) is 11.8 Å². The van der Waals surface area contributed by atoms with Gasteiger partial charge in [-0.1, -0.05) is 36.7 Å². The maximum Gasteiger partial charge on any atom is 0.264 e. The monoisotopic (exact) mass is 612 g/mol. The van der Waals surface area contributed by atoms with Crippen LogP contribution in [0.2, 0.25) is 5.02 Å². The van der Waals surface area contributed by atoms with Gasteiger partial charge in [-0.15, -0.1) is 0 Å². The number of allylic oxidation sites excluding steroid dienone is 1. The molecule has 4 aliphatic rings. The summed E-state index contributed by atoms with van der Waals surface area (Å²) in [5.41, 5.74) is 2.33. The number of ether oxygens (including phenoxy) is 1. The van der Waals surface area contributed by atoms with Gasteiger partial charge in [0.1, 0.15) is 5.75 Å². The number of hydrogen-bond acceptors (Lipinski definition) is 6. The molecule has 0 aromatic heterocycles. The summed E-state index contributed by atoms with van der Waals surface area (Å²) in [6, 6.07) is 11.4. The van der Waals surface area contributed by atoms with E-state index in [-0.39, 0.29) is 22.8 Å². The molecule has 0 radical (unpaired) electrons. The first-order chi connectivity index (χ1) is 20.0. The second-order valence-corrected chi connectivity index (χ2v) is 15.3. The number of anilines is 1. The van der Waals surface area contributed by atoms with Crippen molar-refractivity contribution in [1.82, 2.24) is 4.72 Å². The van der Waals surface area contributed by atoms with Crippen LogP contribution in [0, 0.1) is 11.8 Å². The molecule has 2 aliphatic heterocycles. The summed E-state index contributed by atoms with van der Waals surface area (Å²) in [6.45, 7) is 5.58. The van der Waals surface area contributed by atoms with Gasteiger partial charge in [0.2, 0.25) is 10.0 Å². The van der Waals surface area contributed by atoms with Crippen LogP contribution in [0.5, 0.6) is 5.75 Å². The maximum atomic E-state index is 13.4. The number of carbonyl (C=O) groups is 1. The number of carbonyl (C=O) groups excluding carboxylic acids is 1. The second kappa shape index (κ2) is 11.2. The van der Waals surface area contributed by atoms with E-state index >= 15 is 0 Å². The maximum absolute atomic E-state index is 13.4. The lowest BCUT2D eigenvalue weighted by Gasteiger charge is -2.48. The van der Waals surface area contributed by atoms with Crippen molar-refractivity contribution < 1.29 is 23.1 Å². The lowest BCUT2D eigenvalue weighted by Crippen LogP contribution is -2.51. The molecular weight excluding hydrogens is 572 g/mol. The molecule has 42 heavy (non-hydrogen) atoms. The van der Waals surface area contributed by atoms with E-state index in [4.69, 9.17) is 16.3 Å². The van der Waals surface area contributed by atoms with Crippen molar-refractivity contribution in [2.45, 2.75) is 81.5 Å². The number of amides is 1. The molecule has 2 bridgehead atoms. The average molecular weight is 613 g/mol. The van der Waals surface area contributed by atoms with E-state index in [1.54, 1.807) is 18.2 Å². The molecule has 6 rings (SSSR count). The molecular formula is C33H41ClN2O5S. The van der Waals surface area contributed by atoms with Crippen LogP contribution in [0.4, 0.5) is 5.69 Å². The Morgan fingerprint density at radius 3 is 2.76 bits per heavy atom. The van der Waals surface area contributed by atoms with E-state index in [1.807, 2.05) is 32.1 Å². The van der Waals surface area contributed by atoms with Gasteiger partial charge in [-0.3, -0.25) is 4.79 Å². The summed E-state index contributed by atoms with van der Waals surface area (Å²) in [6.07, 6.45) is 9.93. The van der Waals surface area contributed by atoms with Gasteiger partial charge in [-0.05, 0) is 112 Å². The number of aliphatic hydroxyl groups is 1. The number of aryl methyl sites for hydroxylation is 1. The third kappa shape index (κ3) is 5.46. The molecule has 2 aliphatic carbocycles. The molecule has 0 unspecified atom stereocenters. The SMILES string of the molecule is CC[C@@H]1CC/C=C/[C@@](C)(O)[C@@H]2CC[C@H]2CN2C[C@@]3(CCCc4cc(Cl)ccc43)COc3ccc(cc32)C(=O)NS1(=O)=O. The zero-order valence-corrected chi connectivity index (χ0v) is 26.0. The molecule has 2 aromatic rings. The number of fused-ring (bicyclic) bond motifs is 4. The van der Waals surface area contributed by atoms with Gasteiger partial charge in [0.15, 0.2) is 0 Å². The Labute approximate surface area is 254 Å². The number of halogens is 1. The third-order valence-electron chi connectivity index (χ3n) is 10.2. The van der Waals surface area contributed by atoms with E-state index in [0.29, 0.717) is 44.7 Å². The highest BCUT2D eigenvalue weighted by molar-refractivity contribution is 7.90. The Morgan fingerprint density at radius 2 is 2.00 bits per heavy atom. The number of benzene rings is 2. The molecule has 9 heteroatoms. The van der Waals surface area contributed by atoms with Crippen LogP contribution in [-0.2, 0) is 21.9 Å². The van der Waals surface area contributed by atoms with Crippen LogP contribution in [-0.4, -0.2) is 50.0 Å². The van der Waals surface area contributed by atoms with Crippen molar-refractivity contribution in [3.8, 4) is 5.75 Å². The lowest BCUT2D eigenvalue weighted by molar-refractivity contribution is -0.0314. The van der Waals surface area contributed by atoms with Crippen molar-refractivity contribution >= 4 is 33.2 Å². The van der Waals surface area contributed by atoms with E-state index in [0.717, 1.165) is 42.8 Å². The van der Waals surface area contributed by atoms with Gasteiger partial charge in [0.25, 0.3) is 5.91 Å². The van der Waals surface area contributed by atoms with Gasteiger partial charge < -0.3 is 14.7 Å². The normalized spacial score (nSPS) is 33.3. The standard InChI is InChI=1S/C33H41ClN2O5S/c1-3-26-8-4-5-15-32(2,38)27-12-9-24(27)19-36-20-33(16-6-7-22-17-25(34)11-13-28(22)33)21-41-30-14-10-23(18-29(30)36)31(37)35-42(26,39)40/h5,10-11,13-15,17-18,24,26-27,38H,3-4,6-9,12,16,19-21H2,1-2H3,(H,35,37)/b15-5+/t24-,26+,27+,32+,33-/m0/s1. The molecule has 0 saturated heterocycles. The van der Waals surface area contributed by atoms with Crippen LogP contribution < -0.4 is 14.4 Å². The van der Waals surface area contributed by atoms with Gasteiger partial charge in [-0.25, -0.2) is 13.1 Å². The molecule has 226 valence electrons. The fourth-order valence-corrected chi connectivity index (χ4v) is 9.30. The van der Waals surface area contributed by atoms with Crippen LogP contribution >= 0.6 is 11.6 Å². The predicted octanol–water partition coefficient (Wildman–Crippen LogP) is 5.78. The Balaban J connectivity index is 1.43. The van der Waals surface area contributed by atoms with Gasteiger partial charge in [-0.2, -0.15) is 0 Å². The highest BCUT2D eigenvalue weighted by atomic mass is 35.5. The van der Waals surface area contributed by atoms with E-state index in [2.05, 4.69) is 21.8 Å². The number of nitrogens with zero attached hydrogens (tertiary/aromatic N) is 1. The molecule has 2 aromatic carbocycles. The smallest absolute Gasteiger partial charge is 0.264 e. The summed E-state index contributed by atoms with van der Waals surface area (Å²) < 4.78 is 35.3. The minimum Gasteiger partial charge on any atom is -0.490 e. The van der Waals surface area contributed by atoms with Crippen LogP contribution in [0.1, 0.15) is 80.3 Å². The van der Waals surface area contributed by atoms with Crippen molar-refractivity contribution in [2.75, 3.05) is 24.6 Å². The van der Waals surface area contributed by atoms with Crippen LogP contribution in [0.3, 0.4) is 0 Å². The Hall–Kier alpha value is -2.55. The first kappa shape index (κ1) is 29.5. The summed E-state index contributed by atoms with van der Waals surface area (Å²) in [7, 11) is -3.89. The Morgan fingerprint density at radius 1 is 1.17 bits per heavy atom. The highest BCUT2D eigenvalue weighted by Crippen LogP contribution is 2.48. The van der Waals surface area contributed by atoms with Crippen LogP contribution in [0.25, 0.3) is 0 Å². The number of nitrogens with one attached hydrogen (secondary N) is 1. The van der Waals surface area contributed by atoms with Crippen molar-refractivity contribution in [3.05, 3.63) is 70.3 Å². The first-order valence-electron chi connectivity index (χ1n) is 15.3. The zero-order chi connectivity index (χ0) is 29.7. The molecule has 1 fully saturated rings. The first-order valence-corrected chi connectivity index (χ1v) is 17.2. The molecule has 5 atom stereocenters. The number of rotatable bonds is 1. The van der Waals surface area contributed by atoms with E-state index in [9.17, 15) is 18.3 Å². The average Bonchev–Trinajstić information content (AvgIpc) is 3.06. The highest BCUT2D eigenvalue weighted by Gasteiger charge is 2.46. The third-order valence-corrected chi connectivity index (χ3v) is 12.3. The van der Waals surface area contributed by atoms with Crippen LogP contribution in [0.15, 0.2) is 48.6 Å². The Kier molecular flexibility index (Phi) is 7.86. The number of hydrogen-bond donors (Lipinski definition) is 2. The lowest BCUT2D eigenvalue weighted by atomic mass is 9.64. The second-order valence-electron chi connectivity index (χ2n) is 12.9. The summed E-state index contributed by atoms with van der Waals surface area (Å²) in [4.78, 5) is 15.7. The zero-order valence-electron chi connectivity index (χ0n) is 24.4. The van der Waals surface area contributed by atoms with Gasteiger partial charge in [0, 0.05) is 29.1 Å². The van der Waals surface area contributed by atoms with E-state index in [1.165, 1.54) is 11.1 Å².